The predicted molar refractivity (Wildman–Crippen MR) is 149 cm³/mol. The van der Waals surface area contributed by atoms with E-state index in [0.717, 1.165) is 34.9 Å². The average Bonchev–Trinajstić information content (AvgIpc) is 3.37. The molecule has 0 amide bonds. The first-order chi connectivity index (χ1) is 18.0. The third kappa shape index (κ3) is 4.92. The summed E-state index contributed by atoms with van der Waals surface area (Å²) in [6.07, 6.45) is 5.68. The summed E-state index contributed by atoms with van der Waals surface area (Å²) in [7, 11) is -3.74. The number of ether oxygens (including phenoxy) is 2. The first-order valence-electron chi connectivity index (χ1n) is 12.7. The van der Waals surface area contributed by atoms with E-state index in [0.29, 0.717) is 30.1 Å². The smallest absolute Gasteiger partial charge is 0.261 e. The molecular weight excluding hydrogens is 504 g/mol. The van der Waals surface area contributed by atoms with Crippen LogP contribution >= 0.6 is 11.8 Å². The van der Waals surface area contributed by atoms with Crippen molar-refractivity contribution in [3.8, 4) is 11.5 Å². The van der Waals surface area contributed by atoms with E-state index in [2.05, 4.69) is 40.4 Å². The van der Waals surface area contributed by atoms with Gasteiger partial charge in [0.15, 0.2) is 0 Å². The second-order valence-electron chi connectivity index (χ2n) is 9.64. The van der Waals surface area contributed by atoms with E-state index >= 15 is 0 Å². The molecule has 3 aromatic rings. The molecule has 6 rings (SSSR count). The van der Waals surface area contributed by atoms with Gasteiger partial charge in [0.25, 0.3) is 10.0 Å². The number of anilines is 2. The molecule has 1 saturated heterocycles. The second kappa shape index (κ2) is 9.99. The Hall–Kier alpha value is -3.10. The predicted octanol–water partition coefficient (Wildman–Crippen LogP) is 6.21. The first-order valence-corrected chi connectivity index (χ1v) is 15.3. The normalized spacial score (nSPS) is 22.4. The van der Waals surface area contributed by atoms with E-state index in [1.807, 2.05) is 36.9 Å². The van der Waals surface area contributed by atoms with Crippen molar-refractivity contribution in [1.29, 1.82) is 0 Å². The third-order valence-electron chi connectivity index (χ3n) is 7.19. The number of nitrogens with one attached hydrogen (secondary N) is 2. The molecule has 2 aliphatic heterocycles. The maximum atomic E-state index is 13.2. The molecule has 1 aliphatic carbocycles. The summed E-state index contributed by atoms with van der Waals surface area (Å²) in [5.41, 5.74) is 3.69. The van der Waals surface area contributed by atoms with Gasteiger partial charge >= 0.3 is 0 Å². The monoisotopic (exact) mass is 534 g/mol. The van der Waals surface area contributed by atoms with E-state index in [4.69, 9.17) is 9.47 Å². The van der Waals surface area contributed by atoms with Crippen LogP contribution in [0, 0.1) is 5.92 Å². The van der Waals surface area contributed by atoms with Crippen LogP contribution in [0.15, 0.2) is 83.8 Å². The van der Waals surface area contributed by atoms with Crippen LogP contribution in [-0.4, -0.2) is 32.6 Å². The van der Waals surface area contributed by atoms with Crippen LogP contribution in [0.4, 0.5) is 11.4 Å². The Morgan fingerprint density at radius 1 is 1.03 bits per heavy atom. The fraction of sp³-hybridized carbons (Fsp3) is 0.310. The highest BCUT2D eigenvalue weighted by atomic mass is 32.2. The van der Waals surface area contributed by atoms with Crippen molar-refractivity contribution in [2.75, 3.05) is 28.2 Å². The summed E-state index contributed by atoms with van der Waals surface area (Å²) in [5.74, 6) is 4.17. The van der Waals surface area contributed by atoms with E-state index in [1.54, 1.807) is 30.3 Å². The highest BCUT2D eigenvalue weighted by Crippen LogP contribution is 2.50. The first kappa shape index (κ1) is 24.2. The number of fused-ring (bicyclic) bond motifs is 3. The minimum Gasteiger partial charge on any atom is -0.494 e. The molecule has 2 N–H and O–H groups in total. The number of hydrogen-bond donors (Lipinski definition) is 2. The standard InChI is InChI=1S/C29H30N2O4S2/c1-2-34-21-11-9-20(10-12-21)31-37(32,33)24-13-14-28-27(16-24)25-7-4-8-26(25)29(30-28)19-5-3-6-22(15-19)35-23-17-36-18-23/h3-7,9-16,23,25-26,29-31H,2,8,17-18H2,1H3/t25-,26+,29+/m0/s1. The molecule has 3 aromatic carbocycles. The number of hydrogen-bond acceptors (Lipinski definition) is 6. The van der Waals surface area contributed by atoms with Crippen LogP contribution < -0.4 is 19.5 Å². The van der Waals surface area contributed by atoms with Gasteiger partial charge in [-0.1, -0.05) is 24.3 Å². The zero-order valence-electron chi connectivity index (χ0n) is 20.6. The lowest BCUT2D eigenvalue weighted by atomic mass is 9.77. The molecule has 6 nitrogen and oxygen atoms in total. The maximum absolute atomic E-state index is 13.2. The molecule has 3 atom stereocenters. The van der Waals surface area contributed by atoms with Crippen molar-refractivity contribution in [3.05, 3.63) is 90.0 Å². The number of allylic oxidation sites excluding steroid dienone is 2. The van der Waals surface area contributed by atoms with Gasteiger partial charge in [0, 0.05) is 28.8 Å². The lowest BCUT2D eigenvalue weighted by Crippen LogP contribution is -2.31. The zero-order valence-corrected chi connectivity index (χ0v) is 22.2. The van der Waals surface area contributed by atoms with Crippen molar-refractivity contribution in [2.24, 2.45) is 5.92 Å². The van der Waals surface area contributed by atoms with E-state index in [9.17, 15) is 8.42 Å². The molecule has 0 radical (unpaired) electrons. The Kier molecular flexibility index (Phi) is 6.55. The fourth-order valence-corrected chi connectivity index (χ4v) is 6.98. The molecule has 37 heavy (non-hydrogen) atoms. The molecule has 1 fully saturated rings. The lowest BCUT2D eigenvalue weighted by Gasteiger charge is -2.38. The molecule has 192 valence electrons. The van der Waals surface area contributed by atoms with Gasteiger partial charge in [-0.3, -0.25) is 4.72 Å². The van der Waals surface area contributed by atoms with E-state index < -0.39 is 10.0 Å². The maximum Gasteiger partial charge on any atom is 0.261 e. The largest absolute Gasteiger partial charge is 0.494 e. The topological polar surface area (TPSA) is 76.7 Å². The van der Waals surface area contributed by atoms with E-state index in [1.165, 1.54) is 5.56 Å². The molecule has 0 bridgehead atoms. The molecule has 0 saturated carbocycles. The lowest BCUT2D eigenvalue weighted by molar-refractivity contribution is 0.240. The van der Waals surface area contributed by atoms with Gasteiger partial charge in [-0.25, -0.2) is 8.42 Å². The zero-order chi connectivity index (χ0) is 25.4. The summed E-state index contributed by atoms with van der Waals surface area (Å²) in [6.45, 7) is 2.47. The third-order valence-corrected chi connectivity index (χ3v) is 9.78. The summed E-state index contributed by atoms with van der Waals surface area (Å²) >= 11 is 1.91. The summed E-state index contributed by atoms with van der Waals surface area (Å²) < 4.78 is 40.8. The minimum absolute atomic E-state index is 0.122. The highest BCUT2D eigenvalue weighted by molar-refractivity contribution is 8.00. The minimum atomic E-state index is -3.74. The Morgan fingerprint density at radius 2 is 1.86 bits per heavy atom. The summed E-state index contributed by atoms with van der Waals surface area (Å²) in [5, 5.41) is 3.71. The number of sulfonamides is 1. The Morgan fingerprint density at radius 3 is 2.62 bits per heavy atom. The quantitative estimate of drug-likeness (QED) is 0.335. The Bertz CT molecular complexity index is 1420. The summed E-state index contributed by atoms with van der Waals surface area (Å²) in [4.78, 5) is 0.258. The fourth-order valence-electron chi connectivity index (χ4n) is 5.33. The average molecular weight is 535 g/mol. The molecule has 0 spiro atoms. The number of rotatable bonds is 8. The van der Waals surface area contributed by atoms with Gasteiger partial charge in [-0.05, 0) is 85.0 Å². The van der Waals surface area contributed by atoms with Gasteiger partial charge in [-0.15, -0.1) is 0 Å². The van der Waals surface area contributed by atoms with Crippen molar-refractivity contribution < 1.29 is 17.9 Å². The summed E-state index contributed by atoms with van der Waals surface area (Å²) in [6, 6.07) is 20.9. The van der Waals surface area contributed by atoms with Crippen LogP contribution in [0.5, 0.6) is 11.5 Å². The molecule has 0 unspecified atom stereocenters. The van der Waals surface area contributed by atoms with Gasteiger partial charge in [0.05, 0.1) is 17.5 Å². The van der Waals surface area contributed by atoms with Gasteiger partial charge < -0.3 is 14.8 Å². The van der Waals surface area contributed by atoms with Crippen molar-refractivity contribution >= 4 is 33.2 Å². The van der Waals surface area contributed by atoms with Gasteiger partial charge in [-0.2, -0.15) is 11.8 Å². The van der Waals surface area contributed by atoms with Gasteiger partial charge in [0.2, 0.25) is 0 Å². The van der Waals surface area contributed by atoms with Crippen LogP contribution in [0.2, 0.25) is 0 Å². The van der Waals surface area contributed by atoms with Crippen molar-refractivity contribution in [1.82, 2.24) is 0 Å². The van der Waals surface area contributed by atoms with Crippen LogP contribution in [0.1, 0.15) is 36.4 Å². The Balaban J connectivity index is 1.25. The molecule has 3 aliphatic rings. The molecule has 0 aromatic heterocycles. The van der Waals surface area contributed by atoms with Crippen LogP contribution in [-0.2, 0) is 10.0 Å². The van der Waals surface area contributed by atoms with Crippen LogP contribution in [0.25, 0.3) is 0 Å². The second-order valence-corrected chi connectivity index (χ2v) is 12.4. The highest BCUT2D eigenvalue weighted by Gasteiger charge is 2.38. The SMILES string of the molecule is CCOc1ccc(NS(=O)(=O)c2ccc3c(c2)[C@H]2C=CC[C@H]2[C@@H](c2cccc(OC4CSC4)c2)N3)cc1. The number of thioether (sulfide) groups is 1. The van der Waals surface area contributed by atoms with Gasteiger partial charge in [0.1, 0.15) is 17.6 Å². The van der Waals surface area contributed by atoms with Crippen molar-refractivity contribution in [3.63, 3.8) is 0 Å². The van der Waals surface area contributed by atoms with Crippen molar-refractivity contribution in [2.45, 2.75) is 36.3 Å². The molecular formula is C29H30N2O4S2. The Labute approximate surface area is 222 Å². The number of benzene rings is 3. The van der Waals surface area contributed by atoms with E-state index in [-0.39, 0.29) is 16.9 Å². The molecule has 2 heterocycles. The molecule has 8 heteroatoms. The van der Waals surface area contributed by atoms with Crippen LogP contribution in [0.3, 0.4) is 0 Å².